The number of nitrogens with zero attached hydrogens (tertiary/aromatic N) is 3. The summed E-state index contributed by atoms with van der Waals surface area (Å²) in [6.45, 7) is 3.29. The molecule has 20 heavy (non-hydrogen) atoms. The third kappa shape index (κ3) is 4.52. The third-order valence-electron chi connectivity index (χ3n) is 2.55. The molecule has 0 aliphatic rings. The van der Waals surface area contributed by atoms with E-state index in [0.29, 0.717) is 6.54 Å². The highest BCUT2D eigenvalue weighted by atomic mass is 16.4. The minimum Gasteiger partial charge on any atom is -0.478 e. The molecule has 0 aliphatic carbocycles. The molecular weight excluding hydrogens is 266 g/mol. The molecule has 0 unspecified atom stereocenters. The lowest BCUT2D eigenvalue weighted by Crippen LogP contribution is -2.41. The number of carboxylic acids is 1. The number of nitrogens with one attached hydrogen (secondary N) is 2. The first-order valence-corrected chi connectivity index (χ1v) is 5.76. The molecule has 0 aromatic carbocycles. The van der Waals surface area contributed by atoms with E-state index in [0.717, 1.165) is 0 Å². The highest BCUT2D eigenvalue weighted by Gasteiger charge is 2.14. The van der Waals surface area contributed by atoms with Crippen LogP contribution < -0.4 is 10.6 Å². The summed E-state index contributed by atoms with van der Waals surface area (Å²) in [7, 11) is 0. The van der Waals surface area contributed by atoms with Gasteiger partial charge in [-0.2, -0.15) is 0 Å². The fourth-order valence-corrected chi connectivity index (χ4v) is 1.21. The van der Waals surface area contributed by atoms with Crippen molar-refractivity contribution >= 4 is 17.9 Å². The van der Waals surface area contributed by atoms with E-state index in [1.54, 1.807) is 6.20 Å². The van der Waals surface area contributed by atoms with E-state index >= 15 is 0 Å². The van der Waals surface area contributed by atoms with E-state index in [9.17, 15) is 14.4 Å². The van der Waals surface area contributed by atoms with Crippen LogP contribution in [0.2, 0.25) is 0 Å². The van der Waals surface area contributed by atoms with Gasteiger partial charge in [0, 0.05) is 23.9 Å². The van der Waals surface area contributed by atoms with E-state index in [1.807, 2.05) is 5.32 Å². The molecule has 0 bridgehead atoms. The molecule has 1 rings (SSSR count). The highest BCUT2D eigenvalue weighted by Crippen LogP contribution is 2.03. The van der Waals surface area contributed by atoms with Gasteiger partial charge in [0.2, 0.25) is 0 Å². The number of carboxylic acid groups (broad SMARTS) is 1. The van der Waals surface area contributed by atoms with E-state index in [4.69, 9.17) is 5.11 Å². The maximum absolute atomic E-state index is 11.6. The van der Waals surface area contributed by atoms with Crippen molar-refractivity contribution in [1.29, 1.82) is 0 Å². The van der Waals surface area contributed by atoms with Gasteiger partial charge in [0.1, 0.15) is 0 Å². The molecule has 1 heterocycles. The van der Waals surface area contributed by atoms with Crippen molar-refractivity contribution in [3.8, 4) is 0 Å². The number of hydrogen-bond donors (Lipinski definition) is 3. The van der Waals surface area contributed by atoms with Crippen LogP contribution in [0.25, 0.3) is 0 Å². The first-order chi connectivity index (χ1) is 9.41. The van der Waals surface area contributed by atoms with Gasteiger partial charge < -0.3 is 10.4 Å². The standard InChI is InChI=1S/C11H15N5O4/c1-7(8(2)10(18)19)9(17)14-11(20)12-3-5-16-6-4-13-15-16/h4,6H,3,5H2,1-2H3,(H,18,19)(H2,12,14,17,20)/b8-7+. The van der Waals surface area contributed by atoms with E-state index in [2.05, 4.69) is 15.6 Å². The molecule has 9 heteroatoms. The van der Waals surface area contributed by atoms with Crippen LogP contribution in [0.4, 0.5) is 4.79 Å². The summed E-state index contributed by atoms with van der Waals surface area (Å²) < 4.78 is 1.52. The summed E-state index contributed by atoms with van der Waals surface area (Å²) >= 11 is 0. The Labute approximate surface area is 114 Å². The summed E-state index contributed by atoms with van der Waals surface area (Å²) in [6.07, 6.45) is 3.14. The van der Waals surface area contributed by atoms with Crippen LogP contribution in [-0.4, -0.2) is 44.6 Å². The summed E-state index contributed by atoms with van der Waals surface area (Å²) in [5, 5.41) is 20.5. The number of aliphatic carboxylic acids is 1. The third-order valence-corrected chi connectivity index (χ3v) is 2.55. The number of carbonyl (C=O) groups excluding carboxylic acids is 2. The lowest BCUT2D eigenvalue weighted by atomic mass is 10.1. The van der Waals surface area contributed by atoms with Gasteiger partial charge in [-0.15, -0.1) is 5.10 Å². The maximum Gasteiger partial charge on any atom is 0.331 e. The van der Waals surface area contributed by atoms with Crippen LogP contribution >= 0.6 is 0 Å². The summed E-state index contributed by atoms with van der Waals surface area (Å²) in [4.78, 5) is 33.7. The minimum atomic E-state index is -1.20. The Morgan fingerprint density at radius 2 is 1.95 bits per heavy atom. The Kier molecular flexibility index (Phi) is 5.39. The quantitative estimate of drug-likeness (QED) is 0.626. The molecule has 0 saturated carbocycles. The smallest absolute Gasteiger partial charge is 0.331 e. The molecular formula is C11H15N5O4. The van der Waals surface area contributed by atoms with Gasteiger partial charge in [-0.3, -0.25) is 14.8 Å². The zero-order valence-corrected chi connectivity index (χ0v) is 11.1. The van der Waals surface area contributed by atoms with Crippen molar-refractivity contribution in [2.24, 2.45) is 0 Å². The van der Waals surface area contributed by atoms with E-state index < -0.39 is 17.9 Å². The second-order valence-corrected chi connectivity index (χ2v) is 3.93. The summed E-state index contributed by atoms with van der Waals surface area (Å²) in [5.41, 5.74) is -0.137. The van der Waals surface area contributed by atoms with Crippen LogP contribution in [0.3, 0.4) is 0 Å². The average Bonchev–Trinajstić information content (AvgIpc) is 2.89. The Morgan fingerprint density at radius 1 is 1.25 bits per heavy atom. The van der Waals surface area contributed by atoms with Gasteiger partial charge in [0.05, 0.1) is 12.7 Å². The van der Waals surface area contributed by atoms with Crippen LogP contribution in [0.15, 0.2) is 23.5 Å². The molecule has 0 radical (unpaired) electrons. The van der Waals surface area contributed by atoms with Gasteiger partial charge >= 0.3 is 12.0 Å². The predicted octanol–water partition coefficient (Wildman–Crippen LogP) is -0.475. The highest BCUT2D eigenvalue weighted by molar-refractivity contribution is 6.07. The van der Waals surface area contributed by atoms with Gasteiger partial charge in [0.15, 0.2) is 0 Å². The minimum absolute atomic E-state index is 0.0241. The Balaban J connectivity index is 2.40. The first-order valence-electron chi connectivity index (χ1n) is 5.76. The molecule has 9 nitrogen and oxygen atoms in total. The van der Waals surface area contributed by atoms with E-state index in [1.165, 1.54) is 24.7 Å². The molecule has 3 N–H and O–H groups in total. The Morgan fingerprint density at radius 3 is 2.50 bits per heavy atom. The zero-order valence-electron chi connectivity index (χ0n) is 11.1. The van der Waals surface area contributed by atoms with Crippen molar-refractivity contribution in [2.45, 2.75) is 20.4 Å². The van der Waals surface area contributed by atoms with Crippen molar-refractivity contribution < 1.29 is 19.5 Å². The monoisotopic (exact) mass is 281 g/mol. The maximum atomic E-state index is 11.6. The van der Waals surface area contributed by atoms with E-state index in [-0.39, 0.29) is 17.7 Å². The fourth-order valence-electron chi connectivity index (χ4n) is 1.21. The number of rotatable bonds is 5. The normalized spacial score (nSPS) is 11.5. The van der Waals surface area contributed by atoms with Crippen LogP contribution in [0.1, 0.15) is 13.8 Å². The molecule has 0 aliphatic heterocycles. The molecule has 108 valence electrons. The second-order valence-electron chi connectivity index (χ2n) is 3.93. The topological polar surface area (TPSA) is 126 Å². The molecule has 0 spiro atoms. The van der Waals surface area contributed by atoms with Crippen molar-refractivity contribution in [3.63, 3.8) is 0 Å². The summed E-state index contributed by atoms with van der Waals surface area (Å²) in [5.74, 6) is -1.95. The first kappa shape index (κ1) is 15.3. The lowest BCUT2D eigenvalue weighted by molar-refractivity contribution is -0.133. The molecule has 1 aromatic rings. The number of aromatic nitrogens is 3. The largest absolute Gasteiger partial charge is 0.478 e. The van der Waals surface area contributed by atoms with Crippen molar-refractivity contribution in [1.82, 2.24) is 25.6 Å². The van der Waals surface area contributed by atoms with Crippen molar-refractivity contribution in [2.75, 3.05) is 6.54 Å². The van der Waals surface area contributed by atoms with Crippen LogP contribution in [0.5, 0.6) is 0 Å². The van der Waals surface area contributed by atoms with Crippen molar-refractivity contribution in [3.05, 3.63) is 23.5 Å². The molecule has 0 saturated heterocycles. The summed E-state index contributed by atoms with van der Waals surface area (Å²) in [6, 6.07) is -0.701. The molecule has 0 atom stereocenters. The van der Waals surface area contributed by atoms with Crippen LogP contribution in [-0.2, 0) is 16.1 Å². The lowest BCUT2D eigenvalue weighted by Gasteiger charge is -2.07. The molecule has 0 fully saturated rings. The number of urea groups is 1. The SMILES string of the molecule is C/C(C(=O)O)=C(/C)C(=O)NC(=O)NCCn1ccnn1. The molecule has 1 aromatic heterocycles. The van der Waals surface area contributed by atoms with Gasteiger partial charge in [-0.1, -0.05) is 5.21 Å². The average molecular weight is 281 g/mol. The molecule has 3 amide bonds. The number of hydrogen-bond acceptors (Lipinski definition) is 5. The Bertz CT molecular complexity index is 535. The fraction of sp³-hybridized carbons (Fsp3) is 0.364. The van der Waals surface area contributed by atoms with Gasteiger partial charge in [-0.25, -0.2) is 9.59 Å². The predicted molar refractivity (Wildman–Crippen MR) is 67.6 cm³/mol. The Hall–Kier alpha value is -2.71. The number of carbonyl (C=O) groups is 3. The number of amides is 3. The second kappa shape index (κ2) is 7.02. The zero-order chi connectivity index (χ0) is 15.1. The number of imide groups is 1. The van der Waals surface area contributed by atoms with Crippen LogP contribution in [0, 0.1) is 0 Å². The van der Waals surface area contributed by atoms with Gasteiger partial charge in [-0.05, 0) is 13.8 Å². The van der Waals surface area contributed by atoms with Gasteiger partial charge in [0.25, 0.3) is 5.91 Å².